The Morgan fingerprint density at radius 3 is 2.85 bits per heavy atom. The molecule has 2 aromatic carbocycles. The van der Waals surface area contributed by atoms with E-state index in [0.29, 0.717) is 41.0 Å². The van der Waals surface area contributed by atoms with Gasteiger partial charge < -0.3 is 25.8 Å². The molecular formula is C19H17ClN4O3. The van der Waals surface area contributed by atoms with Gasteiger partial charge in [-0.05, 0) is 30.3 Å². The summed E-state index contributed by atoms with van der Waals surface area (Å²) in [7, 11) is 0. The van der Waals surface area contributed by atoms with Crippen molar-refractivity contribution in [3.63, 3.8) is 0 Å². The maximum Gasteiger partial charge on any atom is 0.267 e. The number of hydrogen-bond donors (Lipinski definition) is 3. The highest BCUT2D eigenvalue weighted by atomic mass is 35.5. The van der Waals surface area contributed by atoms with Crippen LogP contribution in [0.15, 0.2) is 54.2 Å². The van der Waals surface area contributed by atoms with Crippen molar-refractivity contribution in [3.8, 4) is 17.6 Å². The van der Waals surface area contributed by atoms with Crippen LogP contribution in [0.1, 0.15) is 0 Å². The van der Waals surface area contributed by atoms with E-state index in [0.717, 1.165) is 0 Å². The summed E-state index contributed by atoms with van der Waals surface area (Å²) in [4.78, 5) is 12.2. The summed E-state index contributed by atoms with van der Waals surface area (Å²) in [5.41, 5.74) is 6.40. The molecule has 3 rings (SSSR count). The summed E-state index contributed by atoms with van der Waals surface area (Å²) in [5, 5.41) is 15.1. The topological polar surface area (TPSA) is 109 Å². The molecule has 0 aromatic heterocycles. The minimum Gasteiger partial charge on any atom is -0.486 e. The Morgan fingerprint density at radius 1 is 1.33 bits per heavy atom. The van der Waals surface area contributed by atoms with Crippen LogP contribution in [0.3, 0.4) is 0 Å². The first-order valence-electron chi connectivity index (χ1n) is 8.15. The molecule has 1 unspecified atom stereocenters. The van der Waals surface area contributed by atoms with Gasteiger partial charge in [0, 0.05) is 11.9 Å². The van der Waals surface area contributed by atoms with E-state index in [2.05, 4.69) is 10.6 Å². The molecule has 8 heteroatoms. The van der Waals surface area contributed by atoms with Crippen LogP contribution in [0.4, 0.5) is 11.4 Å². The van der Waals surface area contributed by atoms with Crippen molar-refractivity contribution in [2.24, 2.45) is 0 Å². The van der Waals surface area contributed by atoms with Crippen molar-refractivity contribution in [2.45, 2.75) is 6.10 Å². The van der Waals surface area contributed by atoms with Crippen LogP contribution >= 0.6 is 11.6 Å². The second kappa shape index (κ2) is 8.34. The second-order valence-electron chi connectivity index (χ2n) is 5.77. The van der Waals surface area contributed by atoms with Crippen LogP contribution in [-0.4, -0.2) is 25.2 Å². The third-order valence-corrected chi connectivity index (χ3v) is 4.11. The normalized spacial score (nSPS) is 15.6. The second-order valence-corrected chi connectivity index (χ2v) is 6.17. The third-order valence-electron chi connectivity index (χ3n) is 3.78. The number of nitrogens with zero attached hydrogens (tertiary/aromatic N) is 1. The van der Waals surface area contributed by atoms with Crippen molar-refractivity contribution >= 4 is 28.9 Å². The maximum atomic E-state index is 12.2. The molecule has 1 aliphatic rings. The van der Waals surface area contributed by atoms with Crippen LogP contribution in [0.2, 0.25) is 5.02 Å². The number of amides is 1. The largest absolute Gasteiger partial charge is 0.486 e. The number of carbonyl (C=O) groups is 1. The van der Waals surface area contributed by atoms with Gasteiger partial charge in [-0.15, -0.1) is 0 Å². The van der Waals surface area contributed by atoms with Gasteiger partial charge in [-0.1, -0.05) is 23.7 Å². The van der Waals surface area contributed by atoms with Gasteiger partial charge >= 0.3 is 0 Å². The number of nitrogens with two attached hydrogens (primary N) is 1. The molecule has 0 aliphatic carbocycles. The van der Waals surface area contributed by atoms with Gasteiger partial charge in [0.05, 0.1) is 17.3 Å². The number of halogens is 1. The standard InChI is InChI=1S/C19H17ClN4O3/c20-15-7-13(5-6-16(15)22)24-19(25)12(8-21)9-23-10-14-11-26-17-3-1-2-4-18(17)27-14/h1-7,9,14,23H,10-11,22H2,(H,24,25)/b12-9-. The van der Waals surface area contributed by atoms with Crippen molar-refractivity contribution in [1.29, 1.82) is 5.26 Å². The van der Waals surface area contributed by atoms with E-state index in [1.54, 1.807) is 12.1 Å². The summed E-state index contributed by atoms with van der Waals surface area (Å²) in [6.45, 7) is 0.746. The molecule has 138 valence electrons. The highest BCUT2D eigenvalue weighted by molar-refractivity contribution is 6.33. The lowest BCUT2D eigenvalue weighted by molar-refractivity contribution is -0.112. The van der Waals surface area contributed by atoms with Gasteiger partial charge in [-0.2, -0.15) is 5.26 Å². The summed E-state index contributed by atoms with van der Waals surface area (Å²) in [6.07, 6.45) is 1.10. The predicted molar refractivity (Wildman–Crippen MR) is 103 cm³/mol. The molecule has 0 saturated heterocycles. The molecule has 0 fully saturated rings. The molecule has 0 radical (unpaired) electrons. The number of ether oxygens (including phenoxy) is 2. The first-order valence-corrected chi connectivity index (χ1v) is 8.53. The van der Waals surface area contributed by atoms with Gasteiger partial charge in [0.25, 0.3) is 5.91 Å². The van der Waals surface area contributed by atoms with E-state index in [-0.39, 0.29) is 11.7 Å². The Bertz CT molecular complexity index is 923. The summed E-state index contributed by atoms with van der Waals surface area (Å²) in [6, 6.07) is 13.9. The van der Waals surface area contributed by atoms with Crippen LogP contribution in [0.5, 0.6) is 11.5 Å². The summed E-state index contributed by atoms with van der Waals surface area (Å²) < 4.78 is 11.4. The number of benzene rings is 2. The molecule has 1 amide bonds. The fourth-order valence-electron chi connectivity index (χ4n) is 2.41. The SMILES string of the molecule is N#C/C(=C/NCC1COc2ccccc2O1)C(=O)Nc1ccc(N)c(Cl)c1. The molecule has 7 nitrogen and oxygen atoms in total. The van der Waals surface area contributed by atoms with E-state index in [9.17, 15) is 10.1 Å². The predicted octanol–water partition coefficient (Wildman–Crippen LogP) is 2.70. The average Bonchev–Trinajstić information content (AvgIpc) is 2.68. The van der Waals surface area contributed by atoms with Gasteiger partial charge in [0.1, 0.15) is 24.4 Å². The van der Waals surface area contributed by atoms with Crippen LogP contribution in [0, 0.1) is 11.3 Å². The number of anilines is 2. The first kappa shape index (κ1) is 18.4. The van der Waals surface area contributed by atoms with Crippen molar-refractivity contribution in [2.75, 3.05) is 24.2 Å². The highest BCUT2D eigenvalue weighted by Crippen LogP contribution is 2.30. The Labute approximate surface area is 161 Å². The van der Waals surface area contributed by atoms with Gasteiger partial charge in [-0.25, -0.2) is 0 Å². The third kappa shape index (κ3) is 4.63. The first-order chi connectivity index (χ1) is 13.1. The molecule has 4 N–H and O–H groups in total. The molecule has 27 heavy (non-hydrogen) atoms. The van der Waals surface area contributed by atoms with E-state index >= 15 is 0 Å². The van der Waals surface area contributed by atoms with Gasteiger partial charge in [0.2, 0.25) is 0 Å². The fourth-order valence-corrected chi connectivity index (χ4v) is 2.59. The zero-order chi connectivity index (χ0) is 19.2. The molecule has 0 saturated carbocycles. The molecule has 1 heterocycles. The number of nitrogens with one attached hydrogen (secondary N) is 2. The number of carbonyl (C=O) groups excluding carboxylic acids is 1. The van der Waals surface area contributed by atoms with Gasteiger partial charge in [-0.3, -0.25) is 4.79 Å². The molecule has 0 spiro atoms. The van der Waals surface area contributed by atoms with Crippen molar-refractivity contribution in [3.05, 3.63) is 59.3 Å². The van der Waals surface area contributed by atoms with E-state index in [4.69, 9.17) is 26.8 Å². The number of hydrogen-bond acceptors (Lipinski definition) is 6. The Balaban J connectivity index is 1.56. The number of fused-ring (bicyclic) bond motifs is 1. The fraction of sp³-hybridized carbons (Fsp3) is 0.158. The minimum absolute atomic E-state index is 0.0833. The zero-order valence-corrected chi connectivity index (χ0v) is 15.0. The Morgan fingerprint density at radius 2 is 2.11 bits per heavy atom. The lowest BCUT2D eigenvalue weighted by Gasteiger charge is -2.26. The smallest absolute Gasteiger partial charge is 0.267 e. The van der Waals surface area contributed by atoms with Crippen LogP contribution in [0.25, 0.3) is 0 Å². The van der Waals surface area contributed by atoms with Crippen molar-refractivity contribution < 1.29 is 14.3 Å². The summed E-state index contributed by atoms with van der Waals surface area (Å²) in [5.74, 6) is 0.804. The number of rotatable bonds is 5. The van der Waals surface area contributed by atoms with Crippen LogP contribution < -0.4 is 25.8 Å². The molecule has 2 aromatic rings. The summed E-state index contributed by atoms with van der Waals surface area (Å²) >= 11 is 5.92. The molecular weight excluding hydrogens is 368 g/mol. The van der Waals surface area contributed by atoms with Crippen molar-refractivity contribution in [1.82, 2.24) is 5.32 Å². The van der Waals surface area contributed by atoms with Crippen LogP contribution in [-0.2, 0) is 4.79 Å². The zero-order valence-electron chi connectivity index (χ0n) is 14.2. The molecule has 1 atom stereocenters. The Kier molecular flexibility index (Phi) is 5.69. The van der Waals surface area contributed by atoms with E-state index < -0.39 is 5.91 Å². The lowest BCUT2D eigenvalue weighted by Crippen LogP contribution is -2.37. The quantitative estimate of drug-likeness (QED) is 0.415. The van der Waals surface area contributed by atoms with Gasteiger partial charge in [0.15, 0.2) is 11.5 Å². The number of nitrogen functional groups attached to an aromatic ring is 1. The number of nitriles is 1. The molecule has 0 bridgehead atoms. The molecule has 1 aliphatic heterocycles. The highest BCUT2D eigenvalue weighted by Gasteiger charge is 2.20. The number of para-hydroxylation sites is 2. The monoisotopic (exact) mass is 384 g/mol. The van der Waals surface area contributed by atoms with E-state index in [1.807, 2.05) is 30.3 Å². The lowest BCUT2D eigenvalue weighted by atomic mass is 10.2. The Hall–Kier alpha value is -3.37. The van der Waals surface area contributed by atoms with E-state index in [1.165, 1.54) is 12.3 Å². The minimum atomic E-state index is -0.558. The average molecular weight is 385 g/mol. The maximum absolute atomic E-state index is 12.2.